The number of nitrogens with one attached hydrogen (secondary N) is 1. The average Bonchev–Trinajstić information content (AvgIpc) is 3.48. The van der Waals surface area contributed by atoms with Crippen LogP contribution in [0.25, 0.3) is 21.5 Å². The van der Waals surface area contributed by atoms with Gasteiger partial charge in [-0.3, -0.25) is 24.5 Å². The minimum absolute atomic E-state index is 0.0515. The predicted octanol–water partition coefficient (Wildman–Crippen LogP) is 2.78. The molecule has 0 aliphatic carbocycles. The summed E-state index contributed by atoms with van der Waals surface area (Å²) in [5.41, 5.74) is 1.60. The van der Waals surface area contributed by atoms with E-state index in [1.54, 1.807) is 12.3 Å². The van der Waals surface area contributed by atoms with Gasteiger partial charge in [0.25, 0.3) is 11.6 Å². The Morgan fingerprint density at radius 3 is 2.60 bits per heavy atom. The van der Waals surface area contributed by atoms with Crippen molar-refractivity contribution in [3.05, 3.63) is 68.8 Å². The van der Waals surface area contributed by atoms with Crippen molar-refractivity contribution in [1.82, 2.24) is 9.55 Å². The summed E-state index contributed by atoms with van der Waals surface area (Å²) in [5, 5.41) is 15.5. The molecule has 13 nitrogen and oxygen atoms in total. The standard InChI is InChI=1S/C24H21N5O8S3/c1-2-37-22(32)11-28-18-9-8-16(29(33)34)10-19(18)39-24(28)27-21(31)14-40(35,36)13-20(30)26-23-25-17(12-38-23)15-6-4-3-5-7-15/h3-10,12H,2,11,13-14H2,1H3,(H,25,26,30). The third-order valence-electron chi connectivity index (χ3n) is 5.20. The molecule has 0 unspecified atom stereocenters. The van der Waals surface area contributed by atoms with E-state index in [2.05, 4.69) is 15.3 Å². The van der Waals surface area contributed by atoms with Crippen molar-refractivity contribution in [3.8, 4) is 11.3 Å². The number of sulfone groups is 1. The van der Waals surface area contributed by atoms with E-state index in [1.165, 1.54) is 22.8 Å². The Labute approximate surface area is 234 Å². The number of benzene rings is 2. The molecule has 40 heavy (non-hydrogen) atoms. The lowest BCUT2D eigenvalue weighted by Gasteiger charge is -2.05. The largest absolute Gasteiger partial charge is 0.465 e. The van der Waals surface area contributed by atoms with Crippen molar-refractivity contribution in [3.63, 3.8) is 0 Å². The maximum Gasteiger partial charge on any atom is 0.326 e. The molecule has 0 fully saturated rings. The minimum atomic E-state index is -4.22. The molecule has 4 aromatic rings. The Balaban J connectivity index is 1.50. The lowest BCUT2D eigenvalue weighted by atomic mass is 10.2. The molecule has 1 N–H and O–H groups in total. The van der Waals surface area contributed by atoms with Crippen LogP contribution in [0.4, 0.5) is 10.8 Å². The lowest BCUT2D eigenvalue weighted by molar-refractivity contribution is -0.384. The Bertz CT molecular complexity index is 1770. The van der Waals surface area contributed by atoms with Crippen molar-refractivity contribution in [2.75, 3.05) is 23.4 Å². The van der Waals surface area contributed by atoms with Gasteiger partial charge in [0.05, 0.1) is 27.4 Å². The van der Waals surface area contributed by atoms with Crippen molar-refractivity contribution in [2.24, 2.45) is 4.99 Å². The van der Waals surface area contributed by atoms with Crippen LogP contribution < -0.4 is 10.1 Å². The van der Waals surface area contributed by atoms with Crippen molar-refractivity contribution < 1.29 is 32.5 Å². The van der Waals surface area contributed by atoms with Crippen molar-refractivity contribution in [1.29, 1.82) is 0 Å². The van der Waals surface area contributed by atoms with Gasteiger partial charge in [0, 0.05) is 23.1 Å². The van der Waals surface area contributed by atoms with Crippen LogP contribution in [0.5, 0.6) is 0 Å². The number of rotatable bonds is 10. The molecule has 2 amide bonds. The number of hydrogen-bond donors (Lipinski definition) is 1. The Hall–Kier alpha value is -4.28. The molecule has 0 aliphatic rings. The van der Waals surface area contributed by atoms with Crippen LogP contribution in [0.2, 0.25) is 0 Å². The molecule has 2 heterocycles. The molecule has 0 atom stereocenters. The fraction of sp³-hybridized carbons (Fsp3) is 0.208. The smallest absolute Gasteiger partial charge is 0.326 e. The first-order valence-electron chi connectivity index (χ1n) is 11.6. The molecule has 0 saturated heterocycles. The van der Waals surface area contributed by atoms with E-state index < -0.39 is 44.0 Å². The number of aromatic nitrogens is 2. The van der Waals surface area contributed by atoms with Gasteiger partial charge in [-0.25, -0.2) is 13.4 Å². The second-order valence-corrected chi connectivity index (χ2v) is 12.1. The zero-order valence-corrected chi connectivity index (χ0v) is 23.3. The van der Waals surface area contributed by atoms with Gasteiger partial charge in [0.15, 0.2) is 19.8 Å². The number of amides is 2. The van der Waals surface area contributed by atoms with Crippen LogP contribution in [-0.4, -0.2) is 58.8 Å². The summed E-state index contributed by atoms with van der Waals surface area (Å²) < 4.78 is 31.8. The number of nitro groups is 1. The molecule has 0 aliphatic heterocycles. The van der Waals surface area contributed by atoms with Crippen molar-refractivity contribution in [2.45, 2.75) is 13.5 Å². The molecule has 0 saturated carbocycles. The van der Waals surface area contributed by atoms with Gasteiger partial charge >= 0.3 is 5.97 Å². The third kappa shape index (κ3) is 7.22. The molecule has 4 rings (SSSR count). The fourth-order valence-electron chi connectivity index (χ4n) is 3.56. The molecule has 0 bridgehead atoms. The topological polar surface area (TPSA) is 180 Å². The van der Waals surface area contributed by atoms with Crippen LogP contribution in [0.3, 0.4) is 0 Å². The van der Waals surface area contributed by atoms with E-state index in [4.69, 9.17) is 4.74 Å². The first kappa shape index (κ1) is 28.7. The number of ether oxygens (including phenoxy) is 1. The van der Waals surface area contributed by atoms with Gasteiger partial charge in [-0.2, -0.15) is 4.99 Å². The highest BCUT2D eigenvalue weighted by atomic mass is 32.2. The van der Waals surface area contributed by atoms with Gasteiger partial charge < -0.3 is 14.6 Å². The molecular formula is C24H21N5O8S3. The Morgan fingerprint density at radius 1 is 1.15 bits per heavy atom. The van der Waals surface area contributed by atoms with E-state index >= 15 is 0 Å². The molecule has 2 aromatic heterocycles. The normalized spacial score (nSPS) is 11.9. The van der Waals surface area contributed by atoms with Gasteiger partial charge in [-0.05, 0) is 13.0 Å². The SMILES string of the molecule is CCOC(=O)Cn1c(=NC(=O)CS(=O)(=O)CC(=O)Nc2nc(-c3ccccc3)cs2)sc2cc([N+](=O)[O-])ccc21. The zero-order valence-electron chi connectivity index (χ0n) is 20.8. The summed E-state index contributed by atoms with van der Waals surface area (Å²) in [6.45, 7) is 1.36. The number of esters is 1. The van der Waals surface area contributed by atoms with Gasteiger partial charge in [0.1, 0.15) is 18.1 Å². The zero-order chi connectivity index (χ0) is 28.9. The molecular weight excluding hydrogens is 582 g/mol. The predicted molar refractivity (Wildman–Crippen MR) is 149 cm³/mol. The van der Waals surface area contributed by atoms with E-state index in [1.807, 2.05) is 30.3 Å². The number of thiazole rings is 2. The molecule has 2 aromatic carbocycles. The van der Waals surface area contributed by atoms with Crippen molar-refractivity contribution >= 4 is 71.3 Å². The number of anilines is 1. The number of hydrogen-bond acceptors (Lipinski definition) is 11. The van der Waals surface area contributed by atoms with Crippen LogP contribution in [0.1, 0.15) is 6.92 Å². The average molecular weight is 604 g/mol. The van der Waals surface area contributed by atoms with Crippen LogP contribution in [0, 0.1) is 10.1 Å². The van der Waals surface area contributed by atoms with E-state index in [0.29, 0.717) is 15.9 Å². The van der Waals surface area contributed by atoms with E-state index in [9.17, 15) is 32.9 Å². The maximum absolute atomic E-state index is 12.6. The number of carbonyl (C=O) groups is 3. The number of carbonyl (C=O) groups excluding carboxylic acids is 3. The molecule has 0 spiro atoms. The third-order valence-corrected chi connectivity index (χ3v) is 8.39. The fourth-order valence-corrected chi connectivity index (χ4v) is 6.39. The number of fused-ring (bicyclic) bond motifs is 1. The van der Waals surface area contributed by atoms with Crippen LogP contribution in [-0.2, 0) is 35.5 Å². The van der Waals surface area contributed by atoms with Gasteiger partial charge in [-0.1, -0.05) is 41.7 Å². The molecule has 0 radical (unpaired) electrons. The highest BCUT2D eigenvalue weighted by molar-refractivity contribution is 7.92. The molecule has 16 heteroatoms. The summed E-state index contributed by atoms with van der Waals surface area (Å²) in [5.74, 6) is -4.63. The molecule has 208 valence electrons. The lowest BCUT2D eigenvalue weighted by Crippen LogP contribution is -2.28. The monoisotopic (exact) mass is 603 g/mol. The van der Waals surface area contributed by atoms with E-state index in [0.717, 1.165) is 28.2 Å². The first-order valence-corrected chi connectivity index (χ1v) is 15.1. The number of nitro benzene ring substituents is 1. The summed E-state index contributed by atoms with van der Waals surface area (Å²) in [7, 11) is -4.22. The minimum Gasteiger partial charge on any atom is -0.465 e. The van der Waals surface area contributed by atoms with Gasteiger partial charge in [-0.15, -0.1) is 11.3 Å². The Kier molecular flexibility index (Phi) is 8.81. The van der Waals surface area contributed by atoms with Crippen LogP contribution in [0.15, 0.2) is 58.9 Å². The summed E-state index contributed by atoms with van der Waals surface area (Å²) in [6, 6.07) is 13.1. The Morgan fingerprint density at radius 2 is 1.90 bits per heavy atom. The number of nitrogens with zero attached hydrogens (tertiary/aromatic N) is 4. The highest BCUT2D eigenvalue weighted by Gasteiger charge is 2.22. The van der Waals surface area contributed by atoms with Crippen LogP contribution >= 0.6 is 22.7 Å². The quantitative estimate of drug-likeness (QED) is 0.162. The number of non-ortho nitro benzene ring substituents is 1. The van der Waals surface area contributed by atoms with E-state index in [-0.39, 0.29) is 28.8 Å². The maximum atomic E-state index is 12.6. The second-order valence-electron chi connectivity index (χ2n) is 8.17. The summed E-state index contributed by atoms with van der Waals surface area (Å²) in [6.07, 6.45) is 0. The van der Waals surface area contributed by atoms with Gasteiger partial charge in [0.2, 0.25) is 5.91 Å². The summed E-state index contributed by atoms with van der Waals surface area (Å²) >= 11 is 1.99. The first-order chi connectivity index (χ1) is 19.0. The highest BCUT2D eigenvalue weighted by Crippen LogP contribution is 2.25. The second kappa shape index (κ2) is 12.3. The summed E-state index contributed by atoms with van der Waals surface area (Å²) in [4.78, 5) is 55.8.